The summed E-state index contributed by atoms with van der Waals surface area (Å²) in [4.78, 5) is 34.1. The molecule has 0 saturated heterocycles. The van der Waals surface area contributed by atoms with Gasteiger partial charge in [0.1, 0.15) is 0 Å². The van der Waals surface area contributed by atoms with E-state index in [2.05, 4.69) is 0 Å². The Bertz CT molecular complexity index is 956. The van der Waals surface area contributed by atoms with Gasteiger partial charge < -0.3 is 10.1 Å². The highest BCUT2D eigenvalue weighted by molar-refractivity contribution is 5.95. The number of esters is 1. The maximum Gasteiger partial charge on any atom is 0.418 e. The molecule has 1 amide bonds. The molecule has 0 atom stereocenters. The first-order valence-corrected chi connectivity index (χ1v) is 8.52. The average molecular weight is 408 g/mol. The SMILES string of the molecule is O=C(COC(=O)C1(c2ccccc2)CC1)Nc1ccc([N+](=O)[O-])cc1C(F)(F)F. The fourth-order valence-corrected chi connectivity index (χ4v) is 2.94. The van der Waals surface area contributed by atoms with E-state index in [1.54, 1.807) is 30.3 Å². The Morgan fingerprint density at radius 2 is 1.79 bits per heavy atom. The van der Waals surface area contributed by atoms with Crippen molar-refractivity contribution in [3.63, 3.8) is 0 Å². The number of nitrogens with one attached hydrogen (secondary N) is 1. The van der Waals surface area contributed by atoms with Gasteiger partial charge in [-0.05, 0) is 24.5 Å². The summed E-state index contributed by atoms with van der Waals surface area (Å²) in [5, 5.41) is 12.7. The number of ether oxygens (including phenoxy) is 1. The standard InChI is InChI=1S/C19H15F3N2O5/c20-19(21,22)14-10-13(24(27)28)6-7-15(14)23-16(25)11-29-17(26)18(8-9-18)12-4-2-1-3-5-12/h1-7,10H,8-9,11H2,(H,23,25). The molecule has 0 bridgehead atoms. The topological polar surface area (TPSA) is 98.5 Å². The number of rotatable bonds is 6. The first-order chi connectivity index (χ1) is 13.6. The van der Waals surface area contributed by atoms with Crippen molar-refractivity contribution in [3.8, 4) is 0 Å². The zero-order valence-corrected chi connectivity index (χ0v) is 14.9. The Kier molecular flexibility index (Phi) is 5.27. The van der Waals surface area contributed by atoms with E-state index >= 15 is 0 Å². The van der Waals surface area contributed by atoms with E-state index in [0.717, 1.165) is 17.7 Å². The summed E-state index contributed by atoms with van der Waals surface area (Å²) in [6.07, 6.45) is -3.81. The third-order valence-corrected chi connectivity index (χ3v) is 4.59. The summed E-state index contributed by atoms with van der Waals surface area (Å²) in [5.41, 5.74) is -2.87. The molecule has 2 aromatic rings. The van der Waals surface area contributed by atoms with Crippen molar-refractivity contribution in [1.82, 2.24) is 0 Å². The van der Waals surface area contributed by atoms with Crippen molar-refractivity contribution < 1.29 is 32.4 Å². The molecule has 1 saturated carbocycles. The van der Waals surface area contributed by atoms with Gasteiger partial charge in [-0.25, -0.2) is 0 Å². The Labute approximate surface area is 162 Å². The van der Waals surface area contributed by atoms with Crippen LogP contribution in [0.2, 0.25) is 0 Å². The number of amides is 1. The Morgan fingerprint density at radius 3 is 2.34 bits per heavy atom. The predicted molar refractivity (Wildman–Crippen MR) is 95.0 cm³/mol. The van der Waals surface area contributed by atoms with Crippen molar-refractivity contribution in [2.45, 2.75) is 24.4 Å². The molecule has 1 aliphatic carbocycles. The average Bonchev–Trinajstić information content (AvgIpc) is 3.48. The second-order valence-corrected chi connectivity index (χ2v) is 6.56. The van der Waals surface area contributed by atoms with Crippen LogP contribution < -0.4 is 5.32 Å². The Balaban J connectivity index is 1.67. The van der Waals surface area contributed by atoms with Gasteiger partial charge in [0.15, 0.2) is 6.61 Å². The minimum absolute atomic E-state index is 0.330. The van der Waals surface area contributed by atoms with Gasteiger partial charge in [-0.1, -0.05) is 30.3 Å². The largest absolute Gasteiger partial charge is 0.455 e. The van der Waals surface area contributed by atoms with E-state index in [1.807, 2.05) is 5.32 Å². The van der Waals surface area contributed by atoms with E-state index in [4.69, 9.17) is 4.74 Å². The molecule has 0 aliphatic heterocycles. The van der Waals surface area contributed by atoms with Crippen LogP contribution in [-0.4, -0.2) is 23.4 Å². The molecular formula is C19H15F3N2O5. The smallest absolute Gasteiger partial charge is 0.418 e. The molecule has 2 aromatic carbocycles. The fraction of sp³-hybridized carbons (Fsp3) is 0.263. The van der Waals surface area contributed by atoms with Crippen LogP contribution in [0.5, 0.6) is 0 Å². The van der Waals surface area contributed by atoms with Crippen LogP contribution in [0.4, 0.5) is 24.5 Å². The summed E-state index contributed by atoms with van der Waals surface area (Å²) >= 11 is 0. The fourth-order valence-electron chi connectivity index (χ4n) is 2.94. The summed E-state index contributed by atoms with van der Waals surface area (Å²) in [6.45, 7) is -0.776. The quantitative estimate of drug-likeness (QED) is 0.445. The van der Waals surface area contributed by atoms with E-state index in [-0.39, 0.29) is 0 Å². The predicted octanol–water partition coefficient (Wildman–Crippen LogP) is 3.83. The Morgan fingerprint density at radius 1 is 1.14 bits per heavy atom. The summed E-state index contributed by atoms with van der Waals surface area (Å²) in [7, 11) is 0. The molecule has 10 heteroatoms. The van der Waals surface area contributed by atoms with Gasteiger partial charge >= 0.3 is 12.1 Å². The molecule has 29 heavy (non-hydrogen) atoms. The van der Waals surface area contributed by atoms with Crippen molar-refractivity contribution >= 4 is 23.3 Å². The number of benzene rings is 2. The number of halogens is 3. The summed E-state index contributed by atoms with van der Waals surface area (Å²) in [6, 6.07) is 10.8. The van der Waals surface area contributed by atoms with E-state index in [1.165, 1.54) is 0 Å². The highest BCUT2D eigenvalue weighted by Crippen LogP contribution is 2.49. The van der Waals surface area contributed by atoms with E-state index in [0.29, 0.717) is 18.9 Å². The number of nitro groups is 1. The molecular weight excluding hydrogens is 393 g/mol. The molecule has 1 fully saturated rings. The zero-order chi connectivity index (χ0) is 21.2. The number of hydrogen-bond donors (Lipinski definition) is 1. The van der Waals surface area contributed by atoms with Crippen LogP contribution in [-0.2, 0) is 25.9 Å². The van der Waals surface area contributed by atoms with Crippen LogP contribution in [0.3, 0.4) is 0 Å². The van der Waals surface area contributed by atoms with Gasteiger partial charge in [0.05, 0.1) is 21.6 Å². The van der Waals surface area contributed by atoms with Crippen molar-refractivity contribution in [1.29, 1.82) is 0 Å². The number of nitrogens with zero attached hydrogens (tertiary/aromatic N) is 1. The number of hydrogen-bond acceptors (Lipinski definition) is 5. The van der Waals surface area contributed by atoms with Gasteiger partial charge in [0.2, 0.25) is 0 Å². The third-order valence-electron chi connectivity index (χ3n) is 4.59. The molecule has 0 radical (unpaired) electrons. The molecule has 0 heterocycles. The lowest BCUT2D eigenvalue weighted by Gasteiger charge is -2.16. The van der Waals surface area contributed by atoms with Gasteiger partial charge in [0.25, 0.3) is 11.6 Å². The lowest BCUT2D eigenvalue weighted by Crippen LogP contribution is -2.28. The van der Waals surface area contributed by atoms with Crippen LogP contribution >= 0.6 is 0 Å². The Hall–Kier alpha value is -3.43. The molecule has 1 N–H and O–H groups in total. The molecule has 7 nitrogen and oxygen atoms in total. The monoisotopic (exact) mass is 408 g/mol. The minimum atomic E-state index is -4.92. The van der Waals surface area contributed by atoms with Gasteiger partial charge in [-0.15, -0.1) is 0 Å². The molecule has 3 rings (SSSR count). The lowest BCUT2D eigenvalue weighted by molar-refractivity contribution is -0.385. The third kappa shape index (κ3) is 4.36. The molecule has 0 unspecified atom stereocenters. The number of carbonyl (C=O) groups excluding carboxylic acids is 2. The zero-order valence-electron chi connectivity index (χ0n) is 14.9. The highest BCUT2D eigenvalue weighted by atomic mass is 19.4. The molecule has 0 aromatic heterocycles. The second-order valence-electron chi connectivity index (χ2n) is 6.56. The first-order valence-electron chi connectivity index (χ1n) is 8.52. The van der Waals surface area contributed by atoms with Crippen molar-refractivity contribution in [2.75, 3.05) is 11.9 Å². The number of nitro benzene ring substituents is 1. The normalized spacial score (nSPS) is 14.7. The van der Waals surface area contributed by atoms with Gasteiger partial charge in [-0.2, -0.15) is 13.2 Å². The van der Waals surface area contributed by atoms with Gasteiger partial charge in [-0.3, -0.25) is 19.7 Å². The summed E-state index contributed by atoms with van der Waals surface area (Å²) < 4.78 is 44.5. The maximum absolute atomic E-state index is 13.1. The highest BCUT2D eigenvalue weighted by Gasteiger charge is 2.52. The van der Waals surface area contributed by atoms with Gasteiger partial charge in [0, 0.05) is 12.1 Å². The van der Waals surface area contributed by atoms with Crippen LogP contribution in [0.25, 0.3) is 0 Å². The van der Waals surface area contributed by atoms with Crippen molar-refractivity contribution in [3.05, 3.63) is 69.8 Å². The van der Waals surface area contributed by atoms with Crippen LogP contribution in [0.15, 0.2) is 48.5 Å². The van der Waals surface area contributed by atoms with E-state index in [9.17, 15) is 32.9 Å². The maximum atomic E-state index is 13.1. The number of alkyl halides is 3. The van der Waals surface area contributed by atoms with Crippen molar-refractivity contribution in [2.24, 2.45) is 0 Å². The van der Waals surface area contributed by atoms with E-state index < -0.39 is 51.9 Å². The second kappa shape index (κ2) is 7.53. The number of carbonyl (C=O) groups is 2. The molecule has 0 spiro atoms. The molecule has 1 aliphatic rings. The lowest BCUT2D eigenvalue weighted by atomic mass is 9.96. The number of non-ortho nitro benzene ring substituents is 1. The number of anilines is 1. The van der Waals surface area contributed by atoms with Crippen LogP contribution in [0, 0.1) is 10.1 Å². The minimum Gasteiger partial charge on any atom is -0.455 e. The first kappa shape index (κ1) is 20.3. The summed E-state index contributed by atoms with van der Waals surface area (Å²) in [5.74, 6) is -1.61. The molecule has 152 valence electrons. The van der Waals surface area contributed by atoms with Crippen LogP contribution in [0.1, 0.15) is 24.0 Å².